The van der Waals surface area contributed by atoms with Crippen LogP contribution >= 0.6 is 11.3 Å². The van der Waals surface area contributed by atoms with Gasteiger partial charge in [-0.1, -0.05) is 11.3 Å². The van der Waals surface area contributed by atoms with Crippen molar-refractivity contribution in [2.75, 3.05) is 32.1 Å². The maximum absolute atomic E-state index is 12.3. The Morgan fingerprint density at radius 3 is 3.24 bits per heavy atom. The third-order valence-electron chi connectivity index (χ3n) is 3.38. The molecule has 1 aliphatic rings. The number of hydrogen-bond acceptors (Lipinski definition) is 7. The van der Waals surface area contributed by atoms with Crippen LogP contribution in [0.15, 0.2) is 0 Å². The summed E-state index contributed by atoms with van der Waals surface area (Å²) >= 11 is 1.33. The van der Waals surface area contributed by atoms with E-state index < -0.39 is 0 Å². The van der Waals surface area contributed by atoms with Gasteiger partial charge in [0.15, 0.2) is 0 Å². The highest BCUT2D eigenvalue weighted by atomic mass is 32.1. The molecule has 1 saturated heterocycles. The van der Waals surface area contributed by atoms with E-state index in [-0.39, 0.29) is 11.8 Å². The van der Waals surface area contributed by atoms with Gasteiger partial charge >= 0.3 is 0 Å². The van der Waals surface area contributed by atoms with Crippen LogP contribution in [0.3, 0.4) is 0 Å². The molecule has 1 aromatic heterocycles. The van der Waals surface area contributed by atoms with Crippen LogP contribution in [0, 0.1) is 17.2 Å². The molecule has 0 bridgehead atoms. The Balaban J connectivity index is 1.85. The van der Waals surface area contributed by atoms with Crippen molar-refractivity contribution in [3.8, 4) is 6.07 Å². The second-order valence-corrected chi connectivity index (χ2v) is 6.03. The van der Waals surface area contributed by atoms with Crippen molar-refractivity contribution in [2.24, 2.45) is 5.92 Å². The van der Waals surface area contributed by atoms with Crippen LogP contribution in [0.5, 0.6) is 0 Å². The molecule has 2 rings (SSSR count). The SMILES string of the molecule is COCc1nnc(NC(=O)C2CCCN(CCC#N)C2)s1. The Hall–Kier alpha value is -1.56. The quantitative estimate of drug-likeness (QED) is 0.850. The molecule has 1 unspecified atom stereocenters. The Bertz CT molecular complexity index is 513. The maximum Gasteiger partial charge on any atom is 0.230 e. The second-order valence-electron chi connectivity index (χ2n) is 4.97. The van der Waals surface area contributed by atoms with Crippen molar-refractivity contribution in [2.45, 2.75) is 25.9 Å². The van der Waals surface area contributed by atoms with E-state index >= 15 is 0 Å². The summed E-state index contributed by atoms with van der Waals surface area (Å²) in [6, 6.07) is 2.14. The molecular weight excluding hydrogens is 290 g/mol. The summed E-state index contributed by atoms with van der Waals surface area (Å²) in [4.78, 5) is 14.4. The van der Waals surface area contributed by atoms with Crippen LogP contribution in [-0.2, 0) is 16.1 Å². The molecule has 1 N–H and O–H groups in total. The highest BCUT2D eigenvalue weighted by molar-refractivity contribution is 7.15. The molecule has 1 aromatic rings. The standard InChI is InChI=1S/C13H19N5O2S/c1-20-9-11-16-17-13(21-11)15-12(19)10-4-2-6-18(8-10)7-3-5-14/h10H,2-4,6-9H2,1H3,(H,15,17,19). The molecule has 1 aliphatic heterocycles. The molecule has 114 valence electrons. The number of ether oxygens (including phenoxy) is 1. The van der Waals surface area contributed by atoms with E-state index in [1.54, 1.807) is 7.11 Å². The number of hydrogen-bond donors (Lipinski definition) is 1. The molecule has 0 spiro atoms. The van der Waals surface area contributed by atoms with Gasteiger partial charge in [0.2, 0.25) is 11.0 Å². The van der Waals surface area contributed by atoms with E-state index in [0.717, 1.165) is 30.9 Å². The smallest absolute Gasteiger partial charge is 0.230 e. The number of anilines is 1. The Morgan fingerprint density at radius 2 is 2.48 bits per heavy atom. The molecule has 1 amide bonds. The van der Waals surface area contributed by atoms with Gasteiger partial charge in [-0.2, -0.15) is 5.26 Å². The number of aromatic nitrogens is 2. The summed E-state index contributed by atoms with van der Waals surface area (Å²) in [7, 11) is 1.59. The van der Waals surface area contributed by atoms with Crippen LogP contribution in [-0.4, -0.2) is 47.7 Å². The first-order chi connectivity index (χ1) is 10.2. The van der Waals surface area contributed by atoms with Crippen molar-refractivity contribution >= 4 is 22.4 Å². The minimum atomic E-state index is -0.0489. The first kappa shape index (κ1) is 15.8. The van der Waals surface area contributed by atoms with Crippen molar-refractivity contribution in [1.29, 1.82) is 5.26 Å². The zero-order valence-electron chi connectivity index (χ0n) is 12.0. The van der Waals surface area contributed by atoms with E-state index in [0.29, 0.717) is 24.7 Å². The Morgan fingerprint density at radius 1 is 1.62 bits per heavy atom. The molecular formula is C13H19N5O2S. The zero-order chi connectivity index (χ0) is 15.1. The number of piperidine rings is 1. The lowest BCUT2D eigenvalue weighted by atomic mass is 9.97. The van der Waals surface area contributed by atoms with Crippen molar-refractivity contribution in [1.82, 2.24) is 15.1 Å². The number of nitrogens with one attached hydrogen (secondary N) is 1. The number of rotatable bonds is 6. The molecule has 0 saturated carbocycles. The van der Waals surface area contributed by atoms with Crippen molar-refractivity contribution in [3.63, 3.8) is 0 Å². The molecule has 7 nitrogen and oxygen atoms in total. The summed E-state index contributed by atoms with van der Waals surface area (Å²) in [5.41, 5.74) is 0. The molecule has 8 heteroatoms. The fraction of sp³-hybridized carbons (Fsp3) is 0.692. The van der Waals surface area contributed by atoms with Crippen LogP contribution in [0.1, 0.15) is 24.3 Å². The fourth-order valence-electron chi connectivity index (χ4n) is 2.37. The van der Waals surface area contributed by atoms with E-state index in [2.05, 4.69) is 26.5 Å². The van der Waals surface area contributed by atoms with E-state index in [4.69, 9.17) is 10.00 Å². The molecule has 1 fully saturated rings. The fourth-order valence-corrected chi connectivity index (χ4v) is 3.09. The van der Waals surface area contributed by atoms with Crippen molar-refractivity contribution in [3.05, 3.63) is 5.01 Å². The largest absolute Gasteiger partial charge is 0.377 e. The maximum atomic E-state index is 12.3. The minimum Gasteiger partial charge on any atom is -0.377 e. The van der Waals surface area contributed by atoms with Gasteiger partial charge in [-0.25, -0.2) is 0 Å². The van der Waals surface area contributed by atoms with E-state index in [1.807, 2.05) is 0 Å². The number of amides is 1. The predicted molar refractivity (Wildman–Crippen MR) is 78.6 cm³/mol. The van der Waals surface area contributed by atoms with Gasteiger partial charge in [-0.05, 0) is 19.4 Å². The number of carbonyl (C=O) groups excluding carboxylic acids is 1. The first-order valence-corrected chi connectivity index (χ1v) is 7.76. The summed E-state index contributed by atoms with van der Waals surface area (Å²) in [5, 5.41) is 20.6. The van der Waals surface area contributed by atoms with Gasteiger partial charge in [0, 0.05) is 26.6 Å². The second kappa shape index (κ2) is 8.02. The molecule has 0 radical (unpaired) electrons. The number of nitrogens with zero attached hydrogens (tertiary/aromatic N) is 4. The monoisotopic (exact) mass is 309 g/mol. The van der Waals surface area contributed by atoms with Crippen LogP contribution in [0.25, 0.3) is 0 Å². The average molecular weight is 309 g/mol. The molecule has 0 aliphatic carbocycles. The summed E-state index contributed by atoms with van der Waals surface area (Å²) in [6.45, 7) is 2.80. The third-order valence-corrected chi connectivity index (χ3v) is 4.19. The third kappa shape index (κ3) is 4.74. The predicted octanol–water partition coefficient (Wildman–Crippen LogP) is 1.25. The first-order valence-electron chi connectivity index (χ1n) is 6.94. The van der Waals surface area contributed by atoms with Gasteiger partial charge in [-0.15, -0.1) is 10.2 Å². The van der Waals surface area contributed by atoms with Crippen LogP contribution in [0.4, 0.5) is 5.13 Å². The lowest BCUT2D eigenvalue weighted by Crippen LogP contribution is -2.41. The highest BCUT2D eigenvalue weighted by Gasteiger charge is 2.26. The van der Waals surface area contributed by atoms with Crippen molar-refractivity contribution < 1.29 is 9.53 Å². The lowest BCUT2D eigenvalue weighted by Gasteiger charge is -2.31. The number of nitriles is 1. The zero-order valence-corrected chi connectivity index (χ0v) is 12.9. The minimum absolute atomic E-state index is 0.0169. The molecule has 21 heavy (non-hydrogen) atoms. The van der Waals surface area contributed by atoms with E-state index in [1.165, 1.54) is 11.3 Å². The van der Waals surface area contributed by atoms with Gasteiger partial charge in [0.25, 0.3) is 0 Å². The Kier molecular flexibility index (Phi) is 6.04. The van der Waals surface area contributed by atoms with Gasteiger partial charge in [-0.3, -0.25) is 4.79 Å². The Labute approximate surface area is 127 Å². The highest BCUT2D eigenvalue weighted by Crippen LogP contribution is 2.21. The van der Waals surface area contributed by atoms with Crippen LogP contribution < -0.4 is 5.32 Å². The molecule has 2 heterocycles. The summed E-state index contributed by atoms with van der Waals surface area (Å²) in [6.07, 6.45) is 2.36. The number of carbonyl (C=O) groups is 1. The van der Waals surface area contributed by atoms with Gasteiger partial charge < -0.3 is 15.0 Å². The topological polar surface area (TPSA) is 91.1 Å². The molecule has 1 atom stereocenters. The van der Waals surface area contributed by atoms with Crippen LogP contribution in [0.2, 0.25) is 0 Å². The lowest BCUT2D eigenvalue weighted by molar-refractivity contribution is -0.121. The van der Waals surface area contributed by atoms with E-state index in [9.17, 15) is 4.79 Å². The number of likely N-dealkylation sites (tertiary alicyclic amines) is 1. The normalized spacial score (nSPS) is 19.1. The van der Waals surface area contributed by atoms with Gasteiger partial charge in [0.1, 0.15) is 11.6 Å². The summed E-state index contributed by atoms with van der Waals surface area (Å²) < 4.78 is 4.98. The number of methoxy groups -OCH3 is 1. The summed E-state index contributed by atoms with van der Waals surface area (Å²) in [5.74, 6) is -0.0657. The average Bonchev–Trinajstić information content (AvgIpc) is 2.93. The van der Waals surface area contributed by atoms with Gasteiger partial charge in [0.05, 0.1) is 12.0 Å². The molecule has 0 aromatic carbocycles.